The molecule has 0 atom stereocenters. The Balaban J connectivity index is 1.96. The van der Waals surface area contributed by atoms with E-state index in [-0.39, 0.29) is 0 Å². The summed E-state index contributed by atoms with van der Waals surface area (Å²) < 4.78 is 9.80. The molecule has 0 aliphatic carbocycles. The number of halogens is 1. The van der Waals surface area contributed by atoms with Crippen LogP contribution in [-0.4, -0.2) is 18.1 Å². The summed E-state index contributed by atoms with van der Waals surface area (Å²) in [4.78, 5) is 15.1. The first-order chi connectivity index (χ1) is 8.69. The van der Waals surface area contributed by atoms with Crippen LogP contribution < -0.4 is 5.32 Å². The fourth-order valence-electron chi connectivity index (χ4n) is 1.37. The average Bonchev–Trinajstić information content (AvgIpc) is 2.86. The smallest absolute Gasteiger partial charge is 0.341 e. The molecule has 2 rings (SSSR count). The van der Waals surface area contributed by atoms with Crippen molar-refractivity contribution in [3.63, 3.8) is 0 Å². The standard InChI is InChI=1S/C12H11ClN2O3/c1-17-12(16)8-4-10(18-7-8)6-14-9-2-3-11(13)15-5-9/h2-5,7,14H,6H2,1H3. The number of rotatable bonds is 4. The van der Waals surface area contributed by atoms with Crippen LogP contribution in [0.1, 0.15) is 16.1 Å². The van der Waals surface area contributed by atoms with E-state index in [0.717, 1.165) is 5.69 Å². The van der Waals surface area contributed by atoms with Gasteiger partial charge in [0.15, 0.2) is 0 Å². The van der Waals surface area contributed by atoms with Gasteiger partial charge in [0.2, 0.25) is 0 Å². The number of hydrogen-bond acceptors (Lipinski definition) is 5. The molecule has 0 aliphatic rings. The first kappa shape index (κ1) is 12.4. The van der Waals surface area contributed by atoms with Crippen molar-refractivity contribution in [1.82, 2.24) is 4.98 Å². The molecule has 1 N–H and O–H groups in total. The molecule has 18 heavy (non-hydrogen) atoms. The van der Waals surface area contributed by atoms with Crippen molar-refractivity contribution in [2.75, 3.05) is 12.4 Å². The van der Waals surface area contributed by atoms with Crippen LogP contribution in [0.3, 0.4) is 0 Å². The molecule has 0 aromatic carbocycles. The van der Waals surface area contributed by atoms with E-state index in [1.807, 2.05) is 0 Å². The van der Waals surface area contributed by atoms with Crippen molar-refractivity contribution >= 4 is 23.3 Å². The summed E-state index contributed by atoms with van der Waals surface area (Å²) in [7, 11) is 1.33. The van der Waals surface area contributed by atoms with E-state index in [9.17, 15) is 4.79 Å². The molecule has 0 amide bonds. The number of nitrogens with zero attached hydrogens (tertiary/aromatic N) is 1. The topological polar surface area (TPSA) is 64.4 Å². The lowest BCUT2D eigenvalue weighted by Crippen LogP contribution is -2.00. The number of ether oxygens (including phenoxy) is 1. The van der Waals surface area contributed by atoms with E-state index in [2.05, 4.69) is 15.0 Å². The summed E-state index contributed by atoms with van der Waals surface area (Å²) in [6, 6.07) is 5.12. The zero-order valence-electron chi connectivity index (χ0n) is 9.64. The van der Waals surface area contributed by atoms with Crippen LogP contribution >= 0.6 is 11.6 Å². The Bertz CT molecular complexity index is 537. The van der Waals surface area contributed by atoms with E-state index < -0.39 is 5.97 Å². The van der Waals surface area contributed by atoms with Gasteiger partial charge in [0.05, 0.1) is 31.1 Å². The molecule has 0 unspecified atom stereocenters. The lowest BCUT2D eigenvalue weighted by Gasteiger charge is -2.02. The third kappa shape index (κ3) is 3.01. The van der Waals surface area contributed by atoms with Crippen LogP contribution in [0.15, 0.2) is 35.1 Å². The van der Waals surface area contributed by atoms with E-state index >= 15 is 0 Å². The van der Waals surface area contributed by atoms with Gasteiger partial charge in [0.1, 0.15) is 17.2 Å². The molecule has 5 nitrogen and oxygen atoms in total. The normalized spacial score (nSPS) is 10.1. The molecular formula is C12H11ClN2O3. The summed E-state index contributed by atoms with van der Waals surface area (Å²) in [6.45, 7) is 0.445. The van der Waals surface area contributed by atoms with Gasteiger partial charge in [-0.3, -0.25) is 0 Å². The number of anilines is 1. The molecule has 0 fully saturated rings. The zero-order valence-corrected chi connectivity index (χ0v) is 10.4. The van der Waals surface area contributed by atoms with Crippen molar-refractivity contribution in [2.24, 2.45) is 0 Å². The fraction of sp³-hybridized carbons (Fsp3) is 0.167. The van der Waals surface area contributed by atoms with Crippen molar-refractivity contribution in [3.05, 3.63) is 47.1 Å². The van der Waals surface area contributed by atoms with Gasteiger partial charge in [-0.1, -0.05) is 11.6 Å². The number of hydrogen-bond donors (Lipinski definition) is 1. The SMILES string of the molecule is COC(=O)c1coc(CNc2ccc(Cl)nc2)c1. The highest BCUT2D eigenvalue weighted by Crippen LogP contribution is 2.13. The van der Waals surface area contributed by atoms with Crippen LogP contribution in [0.5, 0.6) is 0 Å². The maximum absolute atomic E-state index is 11.2. The highest BCUT2D eigenvalue weighted by atomic mass is 35.5. The van der Waals surface area contributed by atoms with E-state index in [1.165, 1.54) is 13.4 Å². The predicted octanol–water partition coefficient (Wildman–Crippen LogP) is 2.73. The molecule has 2 heterocycles. The maximum Gasteiger partial charge on any atom is 0.341 e. The Morgan fingerprint density at radius 3 is 3.06 bits per heavy atom. The van der Waals surface area contributed by atoms with Gasteiger partial charge in [-0.25, -0.2) is 9.78 Å². The average molecular weight is 267 g/mol. The molecule has 0 bridgehead atoms. The minimum Gasteiger partial charge on any atom is -0.467 e. The minimum atomic E-state index is -0.418. The first-order valence-electron chi connectivity index (χ1n) is 5.20. The molecule has 0 radical (unpaired) electrons. The molecule has 0 spiro atoms. The Morgan fingerprint density at radius 2 is 2.39 bits per heavy atom. The van der Waals surface area contributed by atoms with Crippen molar-refractivity contribution in [2.45, 2.75) is 6.54 Å². The first-order valence-corrected chi connectivity index (χ1v) is 5.58. The highest BCUT2D eigenvalue weighted by Gasteiger charge is 2.09. The Kier molecular flexibility index (Phi) is 3.84. The number of carbonyl (C=O) groups is 1. The van der Waals surface area contributed by atoms with Crippen LogP contribution in [0.2, 0.25) is 5.15 Å². The number of carbonyl (C=O) groups excluding carboxylic acids is 1. The summed E-state index contributed by atoms with van der Waals surface area (Å²) in [5.41, 5.74) is 1.21. The molecule has 0 saturated heterocycles. The molecular weight excluding hydrogens is 256 g/mol. The van der Waals surface area contributed by atoms with Gasteiger partial charge in [0, 0.05) is 0 Å². The van der Waals surface area contributed by atoms with Gasteiger partial charge < -0.3 is 14.5 Å². The van der Waals surface area contributed by atoms with Crippen molar-refractivity contribution < 1.29 is 13.9 Å². The third-order valence-corrected chi connectivity index (χ3v) is 2.49. The summed E-state index contributed by atoms with van der Waals surface area (Å²) in [6.07, 6.45) is 2.98. The Morgan fingerprint density at radius 1 is 1.56 bits per heavy atom. The molecule has 2 aromatic rings. The zero-order chi connectivity index (χ0) is 13.0. The molecule has 94 valence electrons. The number of furan rings is 1. The lowest BCUT2D eigenvalue weighted by atomic mass is 10.3. The molecule has 6 heteroatoms. The summed E-state index contributed by atoms with van der Waals surface area (Å²) >= 11 is 5.67. The van der Waals surface area contributed by atoms with Crippen molar-refractivity contribution in [3.8, 4) is 0 Å². The van der Waals surface area contributed by atoms with E-state index in [1.54, 1.807) is 24.4 Å². The molecule has 0 saturated carbocycles. The minimum absolute atomic E-state index is 0.392. The summed E-state index contributed by atoms with van der Waals surface area (Å²) in [5, 5.41) is 3.53. The second kappa shape index (κ2) is 5.55. The number of pyridine rings is 1. The molecule has 2 aromatic heterocycles. The van der Waals surface area contributed by atoms with E-state index in [4.69, 9.17) is 16.0 Å². The van der Waals surface area contributed by atoms with Gasteiger partial charge >= 0.3 is 5.97 Å². The maximum atomic E-state index is 11.2. The molecule has 0 aliphatic heterocycles. The number of aromatic nitrogens is 1. The third-order valence-electron chi connectivity index (χ3n) is 2.27. The number of methoxy groups -OCH3 is 1. The monoisotopic (exact) mass is 266 g/mol. The van der Waals surface area contributed by atoms with Crippen molar-refractivity contribution in [1.29, 1.82) is 0 Å². The van der Waals surface area contributed by atoms with Crippen LogP contribution in [0, 0.1) is 0 Å². The lowest BCUT2D eigenvalue weighted by molar-refractivity contribution is 0.0600. The van der Waals surface area contributed by atoms with Gasteiger partial charge in [-0.15, -0.1) is 0 Å². The van der Waals surface area contributed by atoms with Crippen LogP contribution in [-0.2, 0) is 11.3 Å². The predicted molar refractivity (Wildman–Crippen MR) is 66.6 cm³/mol. The second-order valence-electron chi connectivity index (χ2n) is 3.52. The van der Waals surface area contributed by atoms with Gasteiger partial charge in [-0.05, 0) is 18.2 Å². The Labute approximate surface area is 109 Å². The van der Waals surface area contributed by atoms with E-state index in [0.29, 0.717) is 23.0 Å². The van der Waals surface area contributed by atoms with Gasteiger partial charge in [0.25, 0.3) is 0 Å². The van der Waals surface area contributed by atoms with Crippen LogP contribution in [0.4, 0.5) is 5.69 Å². The largest absolute Gasteiger partial charge is 0.467 e. The number of esters is 1. The second-order valence-corrected chi connectivity index (χ2v) is 3.90. The fourth-order valence-corrected chi connectivity index (χ4v) is 1.48. The summed E-state index contributed by atoms with van der Waals surface area (Å²) in [5.74, 6) is 0.212. The number of nitrogens with one attached hydrogen (secondary N) is 1. The van der Waals surface area contributed by atoms with Crippen LogP contribution in [0.25, 0.3) is 0 Å². The Hall–Kier alpha value is -2.01. The highest BCUT2D eigenvalue weighted by molar-refractivity contribution is 6.29. The van der Waals surface area contributed by atoms with Gasteiger partial charge in [-0.2, -0.15) is 0 Å². The quantitative estimate of drug-likeness (QED) is 0.681.